The van der Waals surface area contributed by atoms with E-state index in [2.05, 4.69) is 0 Å². The van der Waals surface area contributed by atoms with Crippen molar-refractivity contribution in [2.45, 2.75) is 93.4 Å². The zero-order valence-electron chi connectivity index (χ0n) is 23.0. The van der Waals surface area contributed by atoms with E-state index in [0.717, 1.165) is 5.57 Å². The first kappa shape index (κ1) is 27.3. The summed E-state index contributed by atoms with van der Waals surface area (Å²) in [5.41, 5.74) is -1.36. The first-order valence-corrected chi connectivity index (χ1v) is 13.2. The number of ketones is 5. The van der Waals surface area contributed by atoms with Crippen molar-refractivity contribution in [3.8, 4) is 0 Å². The number of fused-ring (bicyclic) bond motifs is 4. The molecule has 5 atom stereocenters. The third-order valence-electron chi connectivity index (χ3n) is 10.6. The van der Waals surface area contributed by atoms with Crippen LogP contribution in [-0.4, -0.2) is 40.0 Å². The summed E-state index contributed by atoms with van der Waals surface area (Å²) in [5, 5.41) is 9.15. The number of hydrogen-bond donors (Lipinski definition) is 1. The Morgan fingerprint density at radius 3 is 2.19 bits per heavy atom. The number of hydrogen-bond acceptors (Lipinski definition) is 6. The number of allylic oxidation sites excluding steroid dienone is 4. The van der Waals surface area contributed by atoms with Crippen molar-refractivity contribution in [1.29, 1.82) is 0 Å². The van der Waals surface area contributed by atoms with Gasteiger partial charge in [-0.05, 0) is 26.2 Å². The quantitative estimate of drug-likeness (QED) is 0.536. The Balaban J connectivity index is 1.83. The minimum Gasteiger partial charge on any atom is -0.481 e. The molecule has 0 aromatic carbocycles. The Morgan fingerprint density at radius 2 is 1.59 bits per heavy atom. The summed E-state index contributed by atoms with van der Waals surface area (Å²) in [5.74, 6) is -2.77. The number of carboxylic acids is 1. The zero-order valence-corrected chi connectivity index (χ0v) is 23.0. The van der Waals surface area contributed by atoms with Crippen molar-refractivity contribution < 1.29 is 33.9 Å². The topological polar surface area (TPSA) is 123 Å². The van der Waals surface area contributed by atoms with Gasteiger partial charge in [0.1, 0.15) is 17.3 Å². The van der Waals surface area contributed by atoms with Gasteiger partial charge in [0.25, 0.3) is 0 Å². The van der Waals surface area contributed by atoms with Crippen molar-refractivity contribution in [3.05, 3.63) is 22.3 Å². The zero-order chi connectivity index (χ0) is 27.9. The predicted octanol–water partition coefficient (Wildman–Crippen LogP) is 4.61. The van der Waals surface area contributed by atoms with Gasteiger partial charge in [-0.2, -0.15) is 0 Å². The normalized spacial score (nSPS) is 37.1. The molecule has 0 aromatic rings. The maximum atomic E-state index is 14.0. The standard InChI is InChI=1S/C30H38O7/c1-15(10-17(31)11-16(2)26(36)37)18-12-23(35)30(7)25-19(32)13-21-27(3,4)22(34)8-9-28(21,5)24(25)20(33)14-29(18,30)6/h16,21H,8-14H2,1-7H3,(H,36,37)/b18-15-/t16-,21-,28-,29+,30-/m0/s1. The second-order valence-corrected chi connectivity index (χ2v) is 13.1. The second kappa shape index (κ2) is 8.40. The summed E-state index contributed by atoms with van der Waals surface area (Å²) < 4.78 is 0. The molecular formula is C30H38O7. The summed E-state index contributed by atoms with van der Waals surface area (Å²) >= 11 is 0. The molecule has 2 fully saturated rings. The smallest absolute Gasteiger partial charge is 0.306 e. The van der Waals surface area contributed by atoms with Crippen LogP contribution >= 0.6 is 0 Å². The van der Waals surface area contributed by atoms with Crippen LogP contribution in [0.15, 0.2) is 22.3 Å². The van der Waals surface area contributed by atoms with Crippen LogP contribution in [0.25, 0.3) is 0 Å². The molecular weight excluding hydrogens is 472 g/mol. The molecule has 0 heterocycles. The predicted molar refractivity (Wildman–Crippen MR) is 135 cm³/mol. The van der Waals surface area contributed by atoms with E-state index in [-0.39, 0.29) is 66.9 Å². The molecule has 200 valence electrons. The van der Waals surface area contributed by atoms with Gasteiger partial charge in [0, 0.05) is 65.9 Å². The highest BCUT2D eigenvalue weighted by Crippen LogP contribution is 2.69. The summed E-state index contributed by atoms with van der Waals surface area (Å²) in [6.07, 6.45) is 0.966. The van der Waals surface area contributed by atoms with Gasteiger partial charge in [0.2, 0.25) is 0 Å². The van der Waals surface area contributed by atoms with Crippen LogP contribution in [0, 0.1) is 33.5 Å². The molecule has 4 aliphatic rings. The van der Waals surface area contributed by atoms with Gasteiger partial charge in [0.05, 0.1) is 11.3 Å². The number of carbonyl (C=O) groups excluding carboxylic acids is 5. The average molecular weight is 511 g/mol. The molecule has 0 radical (unpaired) electrons. The lowest BCUT2D eigenvalue weighted by atomic mass is 9.43. The van der Waals surface area contributed by atoms with E-state index in [0.29, 0.717) is 29.6 Å². The van der Waals surface area contributed by atoms with Crippen LogP contribution in [0.1, 0.15) is 93.4 Å². The molecule has 7 nitrogen and oxygen atoms in total. The highest BCUT2D eigenvalue weighted by Gasteiger charge is 2.69. The second-order valence-electron chi connectivity index (χ2n) is 13.1. The van der Waals surface area contributed by atoms with Crippen molar-refractivity contribution in [1.82, 2.24) is 0 Å². The fraction of sp³-hybridized carbons (Fsp3) is 0.667. The molecule has 0 saturated heterocycles. The summed E-state index contributed by atoms with van der Waals surface area (Å²) in [7, 11) is 0. The fourth-order valence-corrected chi connectivity index (χ4v) is 8.11. The third kappa shape index (κ3) is 3.59. The number of aliphatic carboxylic acids is 1. The lowest BCUT2D eigenvalue weighted by molar-refractivity contribution is -0.146. The molecule has 0 bridgehead atoms. The van der Waals surface area contributed by atoms with E-state index < -0.39 is 33.5 Å². The molecule has 0 aliphatic heterocycles. The van der Waals surface area contributed by atoms with Crippen LogP contribution in [0.5, 0.6) is 0 Å². The summed E-state index contributed by atoms with van der Waals surface area (Å²) in [6, 6.07) is 0. The van der Waals surface area contributed by atoms with Gasteiger partial charge >= 0.3 is 5.97 Å². The van der Waals surface area contributed by atoms with Gasteiger partial charge < -0.3 is 5.11 Å². The lowest BCUT2D eigenvalue weighted by Gasteiger charge is -2.57. The Labute approximate surface area is 218 Å². The minimum absolute atomic E-state index is 0.00996. The highest BCUT2D eigenvalue weighted by molar-refractivity contribution is 6.17. The van der Waals surface area contributed by atoms with Gasteiger partial charge in [-0.1, -0.05) is 45.8 Å². The van der Waals surface area contributed by atoms with E-state index in [1.165, 1.54) is 6.92 Å². The Morgan fingerprint density at radius 1 is 0.973 bits per heavy atom. The van der Waals surface area contributed by atoms with Gasteiger partial charge in [-0.15, -0.1) is 0 Å². The van der Waals surface area contributed by atoms with E-state index in [4.69, 9.17) is 5.11 Å². The molecule has 1 N–H and O–H groups in total. The van der Waals surface area contributed by atoms with Crippen LogP contribution in [-0.2, 0) is 28.8 Å². The van der Waals surface area contributed by atoms with Crippen LogP contribution in [0.4, 0.5) is 0 Å². The van der Waals surface area contributed by atoms with E-state index >= 15 is 0 Å². The van der Waals surface area contributed by atoms with E-state index in [1.54, 1.807) is 13.8 Å². The number of rotatable bonds is 5. The Bertz CT molecular complexity index is 1230. The number of Topliss-reactive ketones (excluding diaryl/α,β-unsaturated/α-hetero) is 5. The van der Waals surface area contributed by atoms with Crippen molar-refractivity contribution >= 4 is 34.9 Å². The Hall–Kier alpha value is -2.70. The molecule has 7 heteroatoms. The average Bonchev–Trinajstić information content (AvgIpc) is 2.99. The van der Waals surface area contributed by atoms with Gasteiger partial charge in [0.15, 0.2) is 11.6 Å². The number of carbonyl (C=O) groups is 6. The number of carboxylic acid groups (broad SMARTS) is 1. The third-order valence-corrected chi connectivity index (χ3v) is 10.6. The molecule has 0 aromatic heterocycles. The van der Waals surface area contributed by atoms with Crippen molar-refractivity contribution in [3.63, 3.8) is 0 Å². The summed E-state index contributed by atoms with van der Waals surface area (Å²) in [4.78, 5) is 78.2. The molecule has 2 saturated carbocycles. The molecule has 4 rings (SSSR count). The first-order chi connectivity index (χ1) is 16.9. The van der Waals surface area contributed by atoms with Crippen LogP contribution < -0.4 is 0 Å². The fourth-order valence-electron chi connectivity index (χ4n) is 8.11. The SMILES string of the molecule is C/C(CC(=O)C[C@H](C)C(=O)O)=C1\CC(=O)[C@@]2(C)C3=C(C(=O)C[C@]12C)[C@@]1(C)CCC(=O)C(C)(C)[C@@H]1CC3=O. The molecule has 4 aliphatic carbocycles. The molecule has 37 heavy (non-hydrogen) atoms. The van der Waals surface area contributed by atoms with Gasteiger partial charge in [-0.25, -0.2) is 0 Å². The highest BCUT2D eigenvalue weighted by atomic mass is 16.4. The summed E-state index contributed by atoms with van der Waals surface area (Å²) in [6.45, 7) is 12.6. The molecule has 0 amide bonds. The first-order valence-electron chi connectivity index (χ1n) is 13.2. The molecule has 0 spiro atoms. The maximum Gasteiger partial charge on any atom is 0.306 e. The Kier molecular flexibility index (Phi) is 6.21. The van der Waals surface area contributed by atoms with Crippen LogP contribution in [0.2, 0.25) is 0 Å². The monoisotopic (exact) mass is 510 g/mol. The minimum atomic E-state index is -1.19. The van der Waals surface area contributed by atoms with Crippen LogP contribution in [0.3, 0.4) is 0 Å². The van der Waals surface area contributed by atoms with Crippen molar-refractivity contribution in [2.24, 2.45) is 33.5 Å². The largest absolute Gasteiger partial charge is 0.481 e. The molecule has 0 unspecified atom stereocenters. The maximum absolute atomic E-state index is 14.0. The van der Waals surface area contributed by atoms with Gasteiger partial charge in [-0.3, -0.25) is 28.8 Å². The van der Waals surface area contributed by atoms with Crippen molar-refractivity contribution in [2.75, 3.05) is 0 Å². The lowest BCUT2D eigenvalue weighted by Crippen LogP contribution is -2.58. The van der Waals surface area contributed by atoms with E-state index in [1.807, 2.05) is 27.7 Å². The van der Waals surface area contributed by atoms with E-state index in [9.17, 15) is 28.8 Å².